The van der Waals surface area contributed by atoms with Gasteiger partial charge in [0.05, 0.1) is 18.1 Å². The molecule has 1 saturated heterocycles. The summed E-state index contributed by atoms with van der Waals surface area (Å²) in [4.78, 5) is 15.0. The van der Waals surface area contributed by atoms with E-state index < -0.39 is 15.9 Å². The summed E-state index contributed by atoms with van der Waals surface area (Å²) in [6.45, 7) is 2.96. The van der Waals surface area contributed by atoms with Crippen LogP contribution in [0.15, 0.2) is 65.2 Å². The number of aromatic nitrogens is 1. The molecule has 0 saturated carbocycles. The molecule has 7 nitrogen and oxygen atoms in total. The molecule has 1 aliphatic rings. The minimum Gasteiger partial charge on any atom is -0.494 e. The molecule has 1 aromatic heterocycles. The van der Waals surface area contributed by atoms with Crippen molar-refractivity contribution in [2.24, 2.45) is 0 Å². The van der Waals surface area contributed by atoms with Gasteiger partial charge in [-0.3, -0.25) is 4.79 Å². The van der Waals surface area contributed by atoms with Crippen LogP contribution in [0, 0.1) is 0 Å². The van der Waals surface area contributed by atoms with E-state index in [2.05, 4.69) is 5.16 Å². The Bertz CT molecular complexity index is 1160. The van der Waals surface area contributed by atoms with Gasteiger partial charge in [-0.25, -0.2) is 8.42 Å². The zero-order chi connectivity index (χ0) is 22.6. The van der Waals surface area contributed by atoms with Gasteiger partial charge in [-0.2, -0.15) is 0 Å². The number of ether oxygens (including phenoxy) is 1. The zero-order valence-corrected chi connectivity index (χ0v) is 18.8. The van der Waals surface area contributed by atoms with Crippen LogP contribution in [0.2, 0.25) is 0 Å². The fourth-order valence-corrected chi connectivity index (χ4v) is 5.49. The Morgan fingerprint density at radius 3 is 2.56 bits per heavy atom. The first kappa shape index (κ1) is 22.1. The Hall–Kier alpha value is -3.13. The molecule has 0 radical (unpaired) electrons. The highest BCUT2D eigenvalue weighted by molar-refractivity contribution is 7.91. The van der Waals surface area contributed by atoms with Crippen molar-refractivity contribution in [1.29, 1.82) is 0 Å². The van der Waals surface area contributed by atoms with Crippen LogP contribution < -0.4 is 4.74 Å². The topological polar surface area (TPSA) is 89.7 Å². The van der Waals surface area contributed by atoms with Gasteiger partial charge >= 0.3 is 0 Å². The first-order valence-electron chi connectivity index (χ1n) is 10.7. The van der Waals surface area contributed by atoms with Crippen LogP contribution in [0.25, 0.3) is 11.3 Å². The maximum Gasteiger partial charge on any atom is 0.276 e. The summed E-state index contributed by atoms with van der Waals surface area (Å²) >= 11 is 0. The van der Waals surface area contributed by atoms with Crippen molar-refractivity contribution in [2.45, 2.75) is 32.4 Å². The van der Waals surface area contributed by atoms with Crippen LogP contribution in [0.5, 0.6) is 5.75 Å². The fourth-order valence-electron chi connectivity index (χ4n) is 3.76. The van der Waals surface area contributed by atoms with Crippen LogP contribution in [0.3, 0.4) is 0 Å². The third-order valence-corrected chi connectivity index (χ3v) is 7.20. The second-order valence-corrected chi connectivity index (χ2v) is 10.2. The summed E-state index contributed by atoms with van der Waals surface area (Å²) < 4.78 is 35.2. The van der Waals surface area contributed by atoms with Gasteiger partial charge in [0.25, 0.3) is 5.91 Å². The molecule has 32 heavy (non-hydrogen) atoms. The lowest BCUT2D eigenvalue weighted by Gasteiger charge is -2.27. The lowest BCUT2D eigenvalue weighted by Crippen LogP contribution is -2.40. The number of benzene rings is 2. The molecule has 1 amide bonds. The Balaban J connectivity index is 1.57. The molecule has 2 heterocycles. The van der Waals surface area contributed by atoms with Crippen LogP contribution >= 0.6 is 0 Å². The number of sulfone groups is 1. The van der Waals surface area contributed by atoms with Crippen molar-refractivity contribution in [3.8, 4) is 17.1 Å². The number of carbonyl (C=O) groups excluding carboxylic acids is 1. The lowest BCUT2D eigenvalue weighted by atomic mass is 10.1. The summed E-state index contributed by atoms with van der Waals surface area (Å²) in [7, 11) is -3.16. The van der Waals surface area contributed by atoms with Crippen LogP contribution in [-0.2, 0) is 16.4 Å². The molecule has 0 spiro atoms. The second kappa shape index (κ2) is 9.56. The van der Waals surface area contributed by atoms with E-state index in [0.29, 0.717) is 18.8 Å². The minimum absolute atomic E-state index is 0.0418. The summed E-state index contributed by atoms with van der Waals surface area (Å²) in [5.74, 6) is 0.953. The Morgan fingerprint density at radius 2 is 1.91 bits per heavy atom. The molecule has 0 unspecified atom stereocenters. The number of rotatable bonds is 8. The predicted molar refractivity (Wildman–Crippen MR) is 121 cm³/mol. The first-order chi connectivity index (χ1) is 15.4. The standard InChI is InChI=1S/C24H26N2O5S/c1-2-13-30-21-10-8-18(9-11-21)16-26(20-12-14-32(28,29)17-20)24(27)22-15-23(31-25-22)19-6-4-3-5-7-19/h3-11,15,20H,2,12-14,16-17H2,1H3/t20-/m1/s1. The molecular formula is C24H26N2O5S. The van der Waals surface area contributed by atoms with Crippen LogP contribution in [0.1, 0.15) is 35.8 Å². The molecule has 0 aliphatic carbocycles. The highest BCUT2D eigenvalue weighted by Crippen LogP contribution is 2.25. The monoisotopic (exact) mass is 454 g/mol. The first-order valence-corrected chi connectivity index (χ1v) is 12.5. The van der Waals surface area contributed by atoms with Crippen molar-refractivity contribution in [3.05, 3.63) is 71.9 Å². The molecule has 0 N–H and O–H groups in total. The molecule has 1 atom stereocenters. The average molecular weight is 455 g/mol. The molecule has 8 heteroatoms. The van der Waals surface area contributed by atoms with Gasteiger partial charge in [-0.15, -0.1) is 0 Å². The number of amides is 1. The molecular weight excluding hydrogens is 428 g/mol. The molecule has 1 fully saturated rings. The van der Waals surface area contributed by atoms with E-state index in [9.17, 15) is 13.2 Å². The molecule has 168 valence electrons. The quantitative estimate of drug-likeness (QED) is 0.512. The summed E-state index contributed by atoms with van der Waals surface area (Å²) in [6.07, 6.45) is 1.33. The maximum absolute atomic E-state index is 13.4. The van der Waals surface area contributed by atoms with Crippen LogP contribution in [-0.4, -0.2) is 48.5 Å². The van der Waals surface area contributed by atoms with Crippen molar-refractivity contribution in [3.63, 3.8) is 0 Å². The minimum atomic E-state index is -3.16. The number of hydrogen-bond acceptors (Lipinski definition) is 6. The van der Waals surface area contributed by atoms with Gasteiger partial charge < -0.3 is 14.2 Å². The predicted octanol–water partition coefficient (Wildman–Crippen LogP) is 3.96. The Kier molecular flexibility index (Phi) is 6.60. The van der Waals surface area contributed by atoms with E-state index in [-0.39, 0.29) is 29.7 Å². The van der Waals surface area contributed by atoms with Crippen molar-refractivity contribution in [1.82, 2.24) is 10.1 Å². The van der Waals surface area contributed by atoms with E-state index in [1.165, 1.54) is 0 Å². The lowest BCUT2D eigenvalue weighted by molar-refractivity contribution is 0.0670. The van der Waals surface area contributed by atoms with Gasteiger partial charge in [-0.05, 0) is 30.5 Å². The van der Waals surface area contributed by atoms with Gasteiger partial charge in [0, 0.05) is 24.2 Å². The zero-order valence-electron chi connectivity index (χ0n) is 17.9. The van der Waals surface area contributed by atoms with E-state index in [4.69, 9.17) is 9.26 Å². The number of carbonyl (C=O) groups is 1. The highest BCUT2D eigenvalue weighted by atomic mass is 32.2. The van der Waals surface area contributed by atoms with Crippen molar-refractivity contribution < 1.29 is 22.5 Å². The molecule has 3 aromatic rings. The smallest absolute Gasteiger partial charge is 0.276 e. The van der Waals surface area contributed by atoms with E-state index in [1.54, 1.807) is 11.0 Å². The number of nitrogens with zero attached hydrogens (tertiary/aromatic N) is 2. The van der Waals surface area contributed by atoms with Gasteiger partial charge in [0.1, 0.15) is 5.75 Å². The van der Waals surface area contributed by atoms with Gasteiger partial charge in [0.15, 0.2) is 21.3 Å². The van der Waals surface area contributed by atoms with E-state index in [1.807, 2.05) is 61.5 Å². The fraction of sp³-hybridized carbons (Fsp3) is 0.333. The van der Waals surface area contributed by atoms with Crippen molar-refractivity contribution in [2.75, 3.05) is 18.1 Å². The molecule has 2 aromatic carbocycles. The summed E-state index contributed by atoms with van der Waals surface area (Å²) in [6, 6.07) is 18.1. The average Bonchev–Trinajstić information content (AvgIpc) is 3.44. The van der Waals surface area contributed by atoms with E-state index >= 15 is 0 Å². The number of hydrogen-bond donors (Lipinski definition) is 0. The van der Waals surface area contributed by atoms with Crippen molar-refractivity contribution >= 4 is 15.7 Å². The Labute approximate surface area is 187 Å². The SMILES string of the molecule is CCCOc1ccc(CN(C(=O)c2cc(-c3ccccc3)on2)[C@@H]2CCS(=O)(=O)C2)cc1. The molecule has 0 bridgehead atoms. The Morgan fingerprint density at radius 1 is 1.16 bits per heavy atom. The maximum atomic E-state index is 13.4. The summed E-state index contributed by atoms with van der Waals surface area (Å²) in [5.41, 5.74) is 1.87. The largest absolute Gasteiger partial charge is 0.494 e. The molecule has 1 aliphatic heterocycles. The normalized spacial score (nSPS) is 17.2. The van der Waals surface area contributed by atoms with Crippen LogP contribution in [0.4, 0.5) is 0 Å². The second-order valence-electron chi connectivity index (χ2n) is 7.92. The third kappa shape index (κ3) is 5.19. The van der Waals surface area contributed by atoms with E-state index in [0.717, 1.165) is 23.3 Å². The highest BCUT2D eigenvalue weighted by Gasteiger charge is 2.36. The van der Waals surface area contributed by atoms with Gasteiger partial charge in [0.2, 0.25) is 0 Å². The van der Waals surface area contributed by atoms with Gasteiger partial charge in [-0.1, -0.05) is 54.5 Å². The molecule has 4 rings (SSSR count). The third-order valence-electron chi connectivity index (χ3n) is 5.45. The summed E-state index contributed by atoms with van der Waals surface area (Å²) in [5, 5.41) is 3.97.